The van der Waals surface area contributed by atoms with Crippen molar-refractivity contribution in [3.63, 3.8) is 0 Å². The van der Waals surface area contributed by atoms with Crippen LogP contribution in [0.25, 0.3) is 11.0 Å². The zero-order valence-corrected chi connectivity index (χ0v) is 11.0. The van der Waals surface area contributed by atoms with Gasteiger partial charge in [0.25, 0.3) is 0 Å². The molecule has 1 aromatic heterocycles. The molecule has 0 saturated heterocycles. The summed E-state index contributed by atoms with van der Waals surface area (Å²) in [7, 11) is 0. The molecule has 2 aromatic rings. The molecule has 0 aliphatic heterocycles. The van der Waals surface area contributed by atoms with Crippen molar-refractivity contribution in [1.29, 1.82) is 0 Å². The third kappa shape index (κ3) is 3.23. The van der Waals surface area contributed by atoms with Gasteiger partial charge in [0.05, 0.1) is 16.7 Å². The lowest BCUT2D eigenvalue weighted by atomic mass is 10.2. The number of benzene rings is 1. The first-order valence-electron chi connectivity index (χ1n) is 5.45. The van der Waals surface area contributed by atoms with Crippen molar-refractivity contribution >= 4 is 40.9 Å². The van der Waals surface area contributed by atoms with E-state index in [0.717, 1.165) is 11.0 Å². The Bertz CT molecular complexity index is 917. The zero-order valence-electron chi connectivity index (χ0n) is 10.2. The van der Waals surface area contributed by atoms with Gasteiger partial charge in [-0.05, 0) is 60.0 Å². The van der Waals surface area contributed by atoms with E-state index in [0.29, 0.717) is 16.7 Å². The number of aliphatic imine (C=N–C) groups is 1. The number of H-pyrrole nitrogens is 2. The standard InChI is InChI=1S/C15H7N3OS/c1-2-3-4-5-6-12(10-19)16-11-7-8-13-14(9-11)18-15(20)17-13/h1,7-10H,(H2,17,18,20). The van der Waals surface area contributed by atoms with E-state index >= 15 is 0 Å². The molecular weight excluding hydrogens is 270 g/mol. The second kappa shape index (κ2) is 6.20. The molecule has 0 bridgehead atoms. The molecule has 0 atom stereocenters. The lowest BCUT2D eigenvalue weighted by Gasteiger charge is -1.94. The number of aldehydes is 1. The Balaban J connectivity index is 2.38. The number of hydrogen-bond donors (Lipinski definition) is 2. The van der Waals surface area contributed by atoms with E-state index in [9.17, 15) is 4.79 Å². The van der Waals surface area contributed by atoms with Crippen molar-refractivity contribution in [2.45, 2.75) is 0 Å². The normalized spacial score (nSPS) is 9.85. The molecule has 2 rings (SSSR count). The van der Waals surface area contributed by atoms with Crippen molar-refractivity contribution in [3.05, 3.63) is 23.0 Å². The zero-order chi connectivity index (χ0) is 14.4. The molecule has 1 heterocycles. The van der Waals surface area contributed by atoms with Crippen LogP contribution in [0.5, 0.6) is 0 Å². The van der Waals surface area contributed by atoms with Gasteiger partial charge in [0.2, 0.25) is 0 Å². The maximum atomic E-state index is 10.9. The summed E-state index contributed by atoms with van der Waals surface area (Å²) in [5.41, 5.74) is 2.34. The molecule has 1 aromatic carbocycles. The topological polar surface area (TPSA) is 61.0 Å². The van der Waals surface area contributed by atoms with E-state index < -0.39 is 0 Å². The second-order valence-corrected chi connectivity index (χ2v) is 3.98. The Kier molecular flexibility index (Phi) is 4.14. The van der Waals surface area contributed by atoms with Crippen LogP contribution in [-0.2, 0) is 4.79 Å². The quantitative estimate of drug-likeness (QED) is 0.382. The van der Waals surface area contributed by atoms with Gasteiger partial charge in [0.15, 0.2) is 16.8 Å². The number of carbonyl (C=O) groups excluding carboxylic acids is 1. The van der Waals surface area contributed by atoms with E-state index in [1.165, 1.54) is 0 Å². The molecule has 0 aliphatic rings. The summed E-state index contributed by atoms with van der Waals surface area (Å²) in [5.74, 6) is 11.8. The van der Waals surface area contributed by atoms with Gasteiger partial charge in [0.1, 0.15) is 0 Å². The van der Waals surface area contributed by atoms with Crippen LogP contribution < -0.4 is 0 Å². The van der Waals surface area contributed by atoms with Crippen molar-refractivity contribution in [3.8, 4) is 36.0 Å². The van der Waals surface area contributed by atoms with Crippen LogP contribution in [0.2, 0.25) is 0 Å². The highest BCUT2D eigenvalue weighted by atomic mass is 32.1. The third-order valence-corrected chi connectivity index (χ3v) is 2.45. The molecule has 4 nitrogen and oxygen atoms in total. The van der Waals surface area contributed by atoms with E-state index in [2.05, 4.69) is 44.6 Å². The van der Waals surface area contributed by atoms with Gasteiger partial charge in [-0.2, -0.15) is 0 Å². The van der Waals surface area contributed by atoms with Crippen LogP contribution in [0.4, 0.5) is 5.69 Å². The molecule has 0 fully saturated rings. The molecule has 2 N–H and O–H groups in total. The van der Waals surface area contributed by atoms with Crippen molar-refractivity contribution in [2.24, 2.45) is 4.99 Å². The number of aromatic nitrogens is 2. The number of hydrogen-bond acceptors (Lipinski definition) is 3. The Labute approximate surface area is 120 Å². The van der Waals surface area contributed by atoms with Gasteiger partial charge >= 0.3 is 0 Å². The van der Waals surface area contributed by atoms with Crippen LogP contribution in [0.15, 0.2) is 23.2 Å². The second-order valence-electron chi connectivity index (χ2n) is 3.57. The summed E-state index contributed by atoms with van der Waals surface area (Å²) >= 11 is 4.99. The number of terminal acetylenes is 1. The maximum absolute atomic E-state index is 10.9. The summed E-state index contributed by atoms with van der Waals surface area (Å²) in [5, 5.41) is 0. The van der Waals surface area contributed by atoms with E-state index in [1.54, 1.807) is 12.1 Å². The van der Waals surface area contributed by atoms with Crippen molar-refractivity contribution in [1.82, 2.24) is 9.97 Å². The molecule has 0 spiro atoms. The smallest absolute Gasteiger partial charge is 0.177 e. The highest BCUT2D eigenvalue weighted by Gasteiger charge is 1.99. The van der Waals surface area contributed by atoms with Crippen LogP contribution in [0.1, 0.15) is 0 Å². The van der Waals surface area contributed by atoms with Gasteiger partial charge in [-0.15, -0.1) is 6.42 Å². The summed E-state index contributed by atoms with van der Waals surface area (Å²) in [6.45, 7) is 0. The molecule has 20 heavy (non-hydrogen) atoms. The highest BCUT2D eigenvalue weighted by molar-refractivity contribution is 7.71. The molecule has 0 radical (unpaired) electrons. The van der Waals surface area contributed by atoms with Crippen LogP contribution in [0.3, 0.4) is 0 Å². The first kappa shape index (κ1) is 13.4. The predicted octanol–water partition coefficient (Wildman–Crippen LogP) is 2.14. The molecular formula is C15H7N3OS. The van der Waals surface area contributed by atoms with E-state index in [1.807, 2.05) is 6.07 Å². The Morgan fingerprint density at radius 1 is 1.25 bits per heavy atom. The van der Waals surface area contributed by atoms with E-state index in [4.69, 9.17) is 18.6 Å². The highest BCUT2D eigenvalue weighted by Crippen LogP contribution is 2.18. The minimum absolute atomic E-state index is 0.0739. The number of rotatable bonds is 2. The summed E-state index contributed by atoms with van der Waals surface area (Å²) < 4.78 is 0.529. The number of aromatic amines is 2. The van der Waals surface area contributed by atoms with Gasteiger partial charge in [-0.3, -0.25) is 4.79 Å². The lowest BCUT2D eigenvalue weighted by Crippen LogP contribution is -1.94. The monoisotopic (exact) mass is 277 g/mol. The van der Waals surface area contributed by atoms with Crippen LogP contribution >= 0.6 is 12.2 Å². The predicted molar refractivity (Wildman–Crippen MR) is 81.0 cm³/mol. The average molecular weight is 277 g/mol. The Morgan fingerprint density at radius 3 is 2.80 bits per heavy atom. The average Bonchev–Trinajstić information content (AvgIpc) is 2.81. The lowest BCUT2D eigenvalue weighted by molar-refractivity contribution is -0.102. The van der Waals surface area contributed by atoms with Crippen LogP contribution in [0, 0.1) is 40.8 Å². The summed E-state index contributed by atoms with van der Waals surface area (Å²) in [6.07, 6.45) is 5.51. The van der Waals surface area contributed by atoms with Crippen molar-refractivity contribution < 1.29 is 4.79 Å². The van der Waals surface area contributed by atoms with Gasteiger partial charge < -0.3 is 9.97 Å². The Hall–Kier alpha value is -3.07. The number of carbonyl (C=O) groups is 1. The first-order chi connectivity index (χ1) is 9.72. The fourth-order valence-electron chi connectivity index (χ4n) is 1.48. The molecule has 5 heteroatoms. The van der Waals surface area contributed by atoms with Gasteiger partial charge in [-0.25, -0.2) is 4.99 Å². The number of nitrogens with zero attached hydrogens (tertiary/aromatic N) is 1. The largest absolute Gasteiger partial charge is 0.331 e. The SMILES string of the molecule is C#CC#CC#CC(C=O)=Nc1ccc2[nH]c(=S)[nH]c2c1. The minimum Gasteiger partial charge on any atom is -0.331 e. The molecule has 0 aliphatic carbocycles. The first-order valence-corrected chi connectivity index (χ1v) is 5.86. The molecule has 0 unspecified atom stereocenters. The minimum atomic E-state index is 0.0739. The van der Waals surface area contributed by atoms with Crippen molar-refractivity contribution in [2.75, 3.05) is 0 Å². The summed E-state index contributed by atoms with van der Waals surface area (Å²) in [6, 6.07) is 5.33. The summed E-state index contributed by atoms with van der Waals surface area (Å²) in [4.78, 5) is 21.0. The van der Waals surface area contributed by atoms with Gasteiger partial charge in [0, 0.05) is 0 Å². The maximum Gasteiger partial charge on any atom is 0.177 e. The fraction of sp³-hybridized carbons (Fsp3) is 0. The van der Waals surface area contributed by atoms with Crippen LogP contribution in [-0.4, -0.2) is 22.0 Å². The van der Waals surface area contributed by atoms with E-state index in [-0.39, 0.29) is 5.71 Å². The fourth-order valence-corrected chi connectivity index (χ4v) is 1.70. The number of imidazole rings is 1. The molecule has 0 amide bonds. The molecule has 0 saturated carbocycles. The number of fused-ring (bicyclic) bond motifs is 1. The third-order valence-electron chi connectivity index (χ3n) is 2.25. The number of nitrogens with one attached hydrogen (secondary N) is 2. The Morgan fingerprint density at radius 2 is 2.05 bits per heavy atom. The molecule has 94 valence electrons. The van der Waals surface area contributed by atoms with Gasteiger partial charge in [-0.1, -0.05) is 0 Å².